The number of anilines is 1. The van der Waals surface area contributed by atoms with E-state index in [9.17, 15) is 9.59 Å². The minimum absolute atomic E-state index is 0.207. The molecule has 7 nitrogen and oxygen atoms in total. The monoisotopic (exact) mass is 447 g/mol. The Morgan fingerprint density at radius 2 is 1.67 bits per heavy atom. The first-order valence-electron chi connectivity index (χ1n) is 11.9. The van der Waals surface area contributed by atoms with E-state index in [0.29, 0.717) is 32.5 Å². The lowest BCUT2D eigenvalue weighted by Crippen LogP contribution is -2.36. The van der Waals surface area contributed by atoms with E-state index in [1.165, 1.54) is 0 Å². The van der Waals surface area contributed by atoms with Crippen LogP contribution in [-0.4, -0.2) is 42.3 Å². The molecule has 0 bridgehead atoms. The second-order valence-corrected chi connectivity index (χ2v) is 8.60. The van der Waals surface area contributed by atoms with Crippen molar-refractivity contribution in [1.82, 2.24) is 15.5 Å². The second-order valence-electron chi connectivity index (χ2n) is 8.60. The Kier molecular flexibility index (Phi) is 7.60. The van der Waals surface area contributed by atoms with Gasteiger partial charge < -0.3 is 20.4 Å². The van der Waals surface area contributed by atoms with Crippen LogP contribution >= 0.6 is 0 Å². The van der Waals surface area contributed by atoms with Crippen LogP contribution < -0.4 is 15.5 Å². The first-order valence-corrected chi connectivity index (χ1v) is 11.9. The van der Waals surface area contributed by atoms with E-state index in [0.717, 1.165) is 60.8 Å². The highest BCUT2D eigenvalue weighted by atomic mass is 16.2. The van der Waals surface area contributed by atoms with Gasteiger partial charge in [0.2, 0.25) is 11.8 Å². The van der Waals surface area contributed by atoms with Gasteiger partial charge in [-0.2, -0.15) is 0 Å². The molecule has 0 aromatic heterocycles. The van der Waals surface area contributed by atoms with E-state index in [-0.39, 0.29) is 11.8 Å². The zero-order chi connectivity index (χ0) is 23.0. The van der Waals surface area contributed by atoms with Crippen molar-refractivity contribution >= 4 is 23.5 Å². The van der Waals surface area contributed by atoms with Crippen LogP contribution in [0.2, 0.25) is 0 Å². The zero-order valence-electron chi connectivity index (χ0n) is 19.3. The Hall–Kier alpha value is -3.35. The number of carbonyl (C=O) groups excluding carboxylic acids is 2. The Morgan fingerprint density at radius 3 is 2.36 bits per heavy atom. The van der Waals surface area contributed by atoms with Crippen LogP contribution in [0.3, 0.4) is 0 Å². The maximum absolute atomic E-state index is 11.9. The van der Waals surface area contributed by atoms with Crippen molar-refractivity contribution in [3.63, 3.8) is 0 Å². The van der Waals surface area contributed by atoms with Crippen molar-refractivity contribution < 1.29 is 9.59 Å². The van der Waals surface area contributed by atoms with Gasteiger partial charge in [-0.1, -0.05) is 36.4 Å². The van der Waals surface area contributed by atoms with Gasteiger partial charge in [-0.25, -0.2) is 4.99 Å². The summed E-state index contributed by atoms with van der Waals surface area (Å²) in [6.07, 6.45) is 3.20. The minimum Gasteiger partial charge on any atom is -0.357 e. The first-order chi connectivity index (χ1) is 16.1. The van der Waals surface area contributed by atoms with Gasteiger partial charge in [-0.3, -0.25) is 9.59 Å². The molecule has 0 spiro atoms. The van der Waals surface area contributed by atoms with Gasteiger partial charge in [0, 0.05) is 51.3 Å². The zero-order valence-corrected chi connectivity index (χ0v) is 19.3. The van der Waals surface area contributed by atoms with Crippen LogP contribution in [-0.2, 0) is 29.2 Å². The van der Waals surface area contributed by atoms with Crippen LogP contribution in [0.15, 0.2) is 53.5 Å². The Bertz CT molecular complexity index is 1000. The van der Waals surface area contributed by atoms with Crippen LogP contribution in [0.1, 0.15) is 49.3 Å². The largest absolute Gasteiger partial charge is 0.357 e. The predicted molar refractivity (Wildman–Crippen MR) is 131 cm³/mol. The summed E-state index contributed by atoms with van der Waals surface area (Å²) < 4.78 is 0. The molecular weight excluding hydrogens is 414 g/mol. The molecule has 2 amide bonds. The summed E-state index contributed by atoms with van der Waals surface area (Å²) >= 11 is 0. The molecule has 2 heterocycles. The summed E-state index contributed by atoms with van der Waals surface area (Å²) in [7, 11) is 0. The number of benzene rings is 2. The van der Waals surface area contributed by atoms with Crippen molar-refractivity contribution in [2.24, 2.45) is 4.99 Å². The van der Waals surface area contributed by atoms with Gasteiger partial charge in [0.25, 0.3) is 0 Å². The SMILES string of the molecule is CCNC(=NCc1cccc(CN2CCCC2=O)c1)NCc1ccc(N2CCCC2=O)cc1. The van der Waals surface area contributed by atoms with Gasteiger partial charge in [-0.15, -0.1) is 0 Å². The number of guanidine groups is 1. The van der Waals surface area contributed by atoms with Crippen LogP contribution in [0.4, 0.5) is 5.69 Å². The Labute approximate surface area is 195 Å². The molecule has 2 aromatic carbocycles. The van der Waals surface area contributed by atoms with E-state index in [4.69, 9.17) is 4.99 Å². The van der Waals surface area contributed by atoms with Crippen LogP contribution in [0, 0.1) is 0 Å². The first kappa shape index (κ1) is 22.8. The number of aliphatic imine (C=N–C) groups is 1. The standard InChI is InChI=1S/C26H33N5O2/c1-2-27-26(28-17-20-10-12-23(13-11-20)31-15-5-9-25(31)33)29-18-21-6-3-7-22(16-21)19-30-14-4-8-24(30)32/h3,6-7,10-13,16H,2,4-5,8-9,14-15,17-19H2,1H3,(H2,27,28,29). The van der Waals surface area contributed by atoms with Gasteiger partial charge in [-0.05, 0) is 48.6 Å². The summed E-state index contributed by atoms with van der Waals surface area (Å²) in [6.45, 7) is 6.37. The molecule has 2 fully saturated rings. The molecule has 0 radical (unpaired) electrons. The molecule has 0 aliphatic carbocycles. The summed E-state index contributed by atoms with van der Waals surface area (Å²) in [4.78, 5) is 32.4. The summed E-state index contributed by atoms with van der Waals surface area (Å²) in [5, 5.41) is 6.69. The van der Waals surface area contributed by atoms with Crippen LogP contribution in [0.25, 0.3) is 0 Å². The molecule has 2 aromatic rings. The highest BCUT2D eigenvalue weighted by molar-refractivity contribution is 5.95. The lowest BCUT2D eigenvalue weighted by Gasteiger charge is -2.17. The topological polar surface area (TPSA) is 77.0 Å². The summed E-state index contributed by atoms with van der Waals surface area (Å²) in [5.74, 6) is 1.21. The fourth-order valence-electron chi connectivity index (χ4n) is 4.33. The van der Waals surface area contributed by atoms with Crippen molar-refractivity contribution in [1.29, 1.82) is 0 Å². The van der Waals surface area contributed by atoms with Gasteiger partial charge in [0.15, 0.2) is 5.96 Å². The van der Waals surface area contributed by atoms with Gasteiger partial charge in [0.05, 0.1) is 6.54 Å². The van der Waals surface area contributed by atoms with E-state index in [1.54, 1.807) is 0 Å². The normalized spacial score (nSPS) is 16.6. The average molecular weight is 448 g/mol. The third-order valence-corrected chi connectivity index (χ3v) is 6.08. The van der Waals surface area contributed by atoms with Crippen molar-refractivity contribution in [3.05, 3.63) is 65.2 Å². The van der Waals surface area contributed by atoms with E-state index in [2.05, 4.69) is 41.0 Å². The molecule has 0 saturated carbocycles. The molecule has 33 heavy (non-hydrogen) atoms. The van der Waals surface area contributed by atoms with E-state index in [1.807, 2.05) is 34.9 Å². The number of hydrogen-bond acceptors (Lipinski definition) is 3. The van der Waals surface area contributed by atoms with Crippen molar-refractivity contribution in [2.75, 3.05) is 24.5 Å². The van der Waals surface area contributed by atoms with Crippen molar-refractivity contribution in [3.8, 4) is 0 Å². The number of likely N-dealkylation sites (tertiary alicyclic amines) is 1. The van der Waals surface area contributed by atoms with Crippen molar-refractivity contribution in [2.45, 2.75) is 52.2 Å². The van der Waals surface area contributed by atoms with Gasteiger partial charge in [0.1, 0.15) is 0 Å². The Morgan fingerprint density at radius 1 is 0.909 bits per heavy atom. The number of amides is 2. The molecule has 2 aliphatic rings. The van der Waals surface area contributed by atoms with E-state index < -0.39 is 0 Å². The molecule has 2 aliphatic heterocycles. The third-order valence-electron chi connectivity index (χ3n) is 6.08. The molecule has 0 unspecified atom stereocenters. The predicted octanol–water partition coefficient (Wildman–Crippen LogP) is 3.19. The summed E-state index contributed by atoms with van der Waals surface area (Å²) in [5.41, 5.74) is 4.37. The van der Waals surface area contributed by atoms with E-state index >= 15 is 0 Å². The van der Waals surface area contributed by atoms with Crippen LogP contribution in [0.5, 0.6) is 0 Å². The molecule has 2 saturated heterocycles. The average Bonchev–Trinajstić information content (AvgIpc) is 3.44. The number of nitrogens with zero attached hydrogens (tertiary/aromatic N) is 3. The lowest BCUT2D eigenvalue weighted by atomic mass is 10.1. The number of carbonyl (C=O) groups is 2. The fraction of sp³-hybridized carbons (Fsp3) is 0.423. The summed E-state index contributed by atoms with van der Waals surface area (Å²) in [6, 6.07) is 16.5. The molecule has 174 valence electrons. The highest BCUT2D eigenvalue weighted by Gasteiger charge is 2.21. The number of rotatable bonds is 8. The minimum atomic E-state index is 0.207. The maximum atomic E-state index is 11.9. The smallest absolute Gasteiger partial charge is 0.227 e. The highest BCUT2D eigenvalue weighted by Crippen LogP contribution is 2.21. The maximum Gasteiger partial charge on any atom is 0.227 e. The molecule has 7 heteroatoms. The second kappa shape index (κ2) is 11.0. The quantitative estimate of drug-likeness (QED) is 0.481. The number of nitrogens with one attached hydrogen (secondary N) is 2. The van der Waals surface area contributed by atoms with Gasteiger partial charge >= 0.3 is 0 Å². The fourth-order valence-corrected chi connectivity index (χ4v) is 4.33. The third kappa shape index (κ3) is 6.12. The molecule has 0 atom stereocenters. The molecule has 2 N–H and O–H groups in total. The lowest BCUT2D eigenvalue weighted by molar-refractivity contribution is -0.128. The Balaban J connectivity index is 1.33. The molecular formula is C26H33N5O2. The number of hydrogen-bond donors (Lipinski definition) is 2. The molecule has 4 rings (SSSR count).